The lowest BCUT2D eigenvalue weighted by atomic mass is 10.1. The summed E-state index contributed by atoms with van der Waals surface area (Å²) in [5.41, 5.74) is 5.62. The van der Waals surface area contributed by atoms with Crippen molar-refractivity contribution in [2.24, 2.45) is 5.73 Å². The molecule has 1 aliphatic heterocycles. The van der Waals surface area contributed by atoms with Gasteiger partial charge in [0, 0.05) is 6.07 Å². The van der Waals surface area contributed by atoms with Crippen LogP contribution in [0.3, 0.4) is 0 Å². The van der Waals surface area contributed by atoms with E-state index in [1.807, 2.05) is 7.05 Å². The Morgan fingerprint density at radius 3 is 2.80 bits per heavy atom. The van der Waals surface area contributed by atoms with Crippen LogP contribution in [0.2, 0.25) is 0 Å². The molecule has 1 saturated heterocycles. The van der Waals surface area contributed by atoms with Crippen LogP contribution in [0.25, 0.3) is 5.69 Å². The van der Waals surface area contributed by atoms with E-state index in [0.717, 1.165) is 44.4 Å². The predicted molar refractivity (Wildman–Crippen MR) is 88.0 cm³/mol. The number of carbonyl (C=O) groups excluding carboxylic acids is 1. The second kappa shape index (κ2) is 7.26. The van der Waals surface area contributed by atoms with E-state index in [-0.39, 0.29) is 18.3 Å². The zero-order valence-electron chi connectivity index (χ0n) is 14.1. The maximum absolute atomic E-state index is 13.7. The van der Waals surface area contributed by atoms with Crippen LogP contribution in [-0.4, -0.2) is 39.2 Å². The van der Waals surface area contributed by atoms with Crippen LogP contribution >= 0.6 is 0 Å². The summed E-state index contributed by atoms with van der Waals surface area (Å²) >= 11 is 0. The maximum atomic E-state index is 13.7. The fourth-order valence-corrected chi connectivity index (χ4v) is 3.20. The molecule has 0 spiro atoms. The molecule has 1 aromatic heterocycles. The first kappa shape index (κ1) is 17.5. The Bertz CT molecular complexity index is 776. The standard InChI is InChI=1S/C17H21F2N5O/c1-23-8-4-2-3-5-14(23)17-21-16(10-15(20)25)22-24(17)11-6-7-12(18)13(19)9-11/h6-7,9,14H,2-5,8,10H2,1H3,(H2,20,25). The zero-order valence-corrected chi connectivity index (χ0v) is 14.1. The number of rotatable bonds is 4. The summed E-state index contributed by atoms with van der Waals surface area (Å²) in [6, 6.07) is 3.57. The van der Waals surface area contributed by atoms with Gasteiger partial charge in [-0.1, -0.05) is 12.8 Å². The summed E-state index contributed by atoms with van der Waals surface area (Å²) < 4.78 is 28.4. The average molecular weight is 349 g/mol. The van der Waals surface area contributed by atoms with Crippen molar-refractivity contribution < 1.29 is 13.6 Å². The Labute approximate surface area is 144 Å². The lowest BCUT2D eigenvalue weighted by molar-refractivity contribution is -0.117. The quantitative estimate of drug-likeness (QED) is 0.917. The minimum atomic E-state index is -0.954. The molecule has 1 aliphatic rings. The van der Waals surface area contributed by atoms with E-state index in [1.54, 1.807) is 0 Å². The maximum Gasteiger partial charge on any atom is 0.225 e. The van der Waals surface area contributed by atoms with Crippen LogP contribution in [0, 0.1) is 11.6 Å². The molecule has 6 nitrogen and oxygen atoms in total. The number of amides is 1. The summed E-state index contributed by atoms with van der Waals surface area (Å²) in [5.74, 6) is -1.52. The molecular formula is C17H21F2N5O. The van der Waals surface area contributed by atoms with Crippen molar-refractivity contribution in [3.8, 4) is 5.69 Å². The minimum Gasteiger partial charge on any atom is -0.369 e. The monoisotopic (exact) mass is 349 g/mol. The number of benzene rings is 1. The first-order valence-electron chi connectivity index (χ1n) is 8.35. The van der Waals surface area contributed by atoms with E-state index in [4.69, 9.17) is 5.73 Å². The highest BCUT2D eigenvalue weighted by Crippen LogP contribution is 2.29. The molecule has 0 saturated carbocycles. The summed E-state index contributed by atoms with van der Waals surface area (Å²) in [4.78, 5) is 17.9. The van der Waals surface area contributed by atoms with Crippen LogP contribution in [0.1, 0.15) is 43.4 Å². The normalized spacial score (nSPS) is 18.9. The summed E-state index contributed by atoms with van der Waals surface area (Å²) in [5, 5.41) is 4.32. The van der Waals surface area contributed by atoms with Gasteiger partial charge in [0.05, 0.1) is 18.2 Å². The Morgan fingerprint density at radius 2 is 2.08 bits per heavy atom. The van der Waals surface area contributed by atoms with E-state index in [2.05, 4.69) is 15.0 Å². The van der Waals surface area contributed by atoms with Gasteiger partial charge in [-0.25, -0.2) is 18.4 Å². The van der Waals surface area contributed by atoms with E-state index < -0.39 is 17.5 Å². The van der Waals surface area contributed by atoms with Gasteiger partial charge in [0.1, 0.15) is 5.82 Å². The predicted octanol–water partition coefficient (Wildman–Crippen LogP) is 2.12. The van der Waals surface area contributed by atoms with Crippen molar-refractivity contribution in [2.45, 2.75) is 38.1 Å². The summed E-state index contributed by atoms with van der Waals surface area (Å²) in [6.45, 7) is 0.917. The molecule has 8 heteroatoms. The van der Waals surface area contributed by atoms with Gasteiger partial charge in [0.2, 0.25) is 5.91 Å². The molecule has 0 aliphatic carbocycles. The van der Waals surface area contributed by atoms with Crippen molar-refractivity contribution in [3.63, 3.8) is 0 Å². The highest BCUT2D eigenvalue weighted by Gasteiger charge is 2.26. The van der Waals surface area contributed by atoms with Gasteiger partial charge < -0.3 is 5.73 Å². The third kappa shape index (κ3) is 3.84. The Hall–Kier alpha value is -2.35. The molecule has 2 N–H and O–H groups in total. The molecule has 3 rings (SSSR count). The number of nitrogens with two attached hydrogens (primary N) is 1. The van der Waals surface area contributed by atoms with Crippen molar-refractivity contribution in [3.05, 3.63) is 41.5 Å². The van der Waals surface area contributed by atoms with Crippen LogP contribution < -0.4 is 5.73 Å². The van der Waals surface area contributed by atoms with Crippen molar-refractivity contribution in [1.29, 1.82) is 0 Å². The van der Waals surface area contributed by atoms with Gasteiger partial charge in [-0.15, -0.1) is 0 Å². The second-order valence-corrected chi connectivity index (χ2v) is 6.39. The SMILES string of the molecule is CN1CCCCCC1c1nc(CC(N)=O)nn1-c1ccc(F)c(F)c1. The molecule has 25 heavy (non-hydrogen) atoms. The molecule has 134 valence electrons. The molecule has 2 heterocycles. The van der Waals surface area contributed by atoms with Gasteiger partial charge in [-0.05, 0) is 38.6 Å². The minimum absolute atomic E-state index is 0.00950. The topological polar surface area (TPSA) is 77.0 Å². The Kier molecular flexibility index (Phi) is 5.08. The average Bonchev–Trinajstić information content (AvgIpc) is 2.83. The first-order chi connectivity index (χ1) is 12.0. The largest absolute Gasteiger partial charge is 0.369 e. The lowest BCUT2D eigenvalue weighted by Crippen LogP contribution is -2.26. The Balaban J connectivity index is 2.06. The fourth-order valence-electron chi connectivity index (χ4n) is 3.20. The van der Waals surface area contributed by atoms with Gasteiger partial charge >= 0.3 is 0 Å². The number of aromatic nitrogens is 3. The first-order valence-corrected chi connectivity index (χ1v) is 8.35. The van der Waals surface area contributed by atoms with E-state index in [9.17, 15) is 13.6 Å². The van der Waals surface area contributed by atoms with Gasteiger partial charge in [0.15, 0.2) is 17.5 Å². The van der Waals surface area contributed by atoms with E-state index in [1.165, 1.54) is 10.7 Å². The lowest BCUT2D eigenvalue weighted by Gasteiger charge is -2.25. The molecular weight excluding hydrogens is 328 g/mol. The zero-order chi connectivity index (χ0) is 18.0. The molecule has 1 fully saturated rings. The highest BCUT2D eigenvalue weighted by atomic mass is 19.2. The fraction of sp³-hybridized carbons (Fsp3) is 0.471. The van der Waals surface area contributed by atoms with E-state index in [0.29, 0.717) is 11.5 Å². The molecule has 1 atom stereocenters. The summed E-state index contributed by atoms with van der Waals surface area (Å²) in [7, 11) is 2.01. The second-order valence-electron chi connectivity index (χ2n) is 6.39. The number of hydrogen-bond acceptors (Lipinski definition) is 4. The summed E-state index contributed by atoms with van der Waals surface area (Å²) in [6.07, 6.45) is 4.06. The van der Waals surface area contributed by atoms with Gasteiger partial charge in [-0.2, -0.15) is 5.10 Å². The molecule has 0 radical (unpaired) electrons. The molecule has 0 bridgehead atoms. The molecule has 1 amide bonds. The number of likely N-dealkylation sites (tertiary alicyclic amines) is 1. The number of halogens is 2. The van der Waals surface area contributed by atoms with Crippen molar-refractivity contribution in [2.75, 3.05) is 13.6 Å². The third-order valence-electron chi connectivity index (χ3n) is 4.47. The molecule has 1 aromatic carbocycles. The highest BCUT2D eigenvalue weighted by molar-refractivity contribution is 5.75. The van der Waals surface area contributed by atoms with Crippen molar-refractivity contribution in [1.82, 2.24) is 19.7 Å². The van der Waals surface area contributed by atoms with Crippen LogP contribution in [0.15, 0.2) is 18.2 Å². The van der Waals surface area contributed by atoms with Crippen LogP contribution in [-0.2, 0) is 11.2 Å². The third-order valence-corrected chi connectivity index (χ3v) is 4.47. The number of carbonyl (C=O) groups is 1. The molecule has 2 aromatic rings. The number of hydrogen-bond donors (Lipinski definition) is 1. The molecule has 1 unspecified atom stereocenters. The van der Waals surface area contributed by atoms with E-state index >= 15 is 0 Å². The van der Waals surface area contributed by atoms with Gasteiger partial charge in [0.25, 0.3) is 0 Å². The van der Waals surface area contributed by atoms with Gasteiger partial charge in [-0.3, -0.25) is 9.69 Å². The van der Waals surface area contributed by atoms with Crippen molar-refractivity contribution >= 4 is 5.91 Å². The smallest absolute Gasteiger partial charge is 0.225 e. The number of primary amides is 1. The Morgan fingerprint density at radius 1 is 1.28 bits per heavy atom. The van der Waals surface area contributed by atoms with Crippen LogP contribution in [0.4, 0.5) is 8.78 Å². The van der Waals surface area contributed by atoms with Crippen LogP contribution in [0.5, 0.6) is 0 Å². The number of nitrogens with zero attached hydrogens (tertiary/aromatic N) is 4.